The number of carbonyl (C=O) groups is 1. The maximum atomic E-state index is 12.7. The van der Waals surface area contributed by atoms with Crippen LogP contribution >= 0.6 is 0 Å². The Balaban J connectivity index is 2.18. The van der Waals surface area contributed by atoms with Crippen molar-refractivity contribution in [3.63, 3.8) is 0 Å². The van der Waals surface area contributed by atoms with Crippen LogP contribution < -0.4 is 20.9 Å². The number of nitrogens with zero attached hydrogens (tertiary/aromatic N) is 3. The van der Waals surface area contributed by atoms with Crippen molar-refractivity contribution in [3.05, 3.63) is 64.7 Å². The summed E-state index contributed by atoms with van der Waals surface area (Å²) in [6, 6.07) is 12.7. The molecule has 6 N–H and O–H groups in total. The van der Waals surface area contributed by atoms with Crippen LogP contribution in [-0.4, -0.2) is 48.2 Å². The molecule has 0 saturated heterocycles. The van der Waals surface area contributed by atoms with E-state index >= 15 is 0 Å². The number of hydrogen-bond donors (Lipinski definition) is 4. The van der Waals surface area contributed by atoms with Crippen LogP contribution in [0.25, 0.3) is 0 Å². The summed E-state index contributed by atoms with van der Waals surface area (Å²) in [5.41, 5.74) is 10.6. The molecule has 1 amide bonds. The van der Waals surface area contributed by atoms with Crippen molar-refractivity contribution in [2.24, 2.45) is 16.6 Å². The Labute approximate surface area is 183 Å². The highest BCUT2D eigenvalue weighted by Crippen LogP contribution is 2.22. The fourth-order valence-electron chi connectivity index (χ4n) is 2.51. The summed E-state index contributed by atoms with van der Waals surface area (Å²) in [5.74, 6) is -1.43. The normalized spacial score (nSPS) is 12.8. The number of hydroxylamine groups is 2. The zero-order valence-corrected chi connectivity index (χ0v) is 17.5. The summed E-state index contributed by atoms with van der Waals surface area (Å²) in [6.45, 7) is 0.126. The average molecular weight is 466 g/mol. The van der Waals surface area contributed by atoms with Crippen molar-refractivity contribution in [2.45, 2.75) is 23.8 Å². The van der Waals surface area contributed by atoms with Crippen molar-refractivity contribution < 1.29 is 28.2 Å². The molecule has 0 spiro atoms. The van der Waals surface area contributed by atoms with Crippen LogP contribution in [0.5, 0.6) is 11.5 Å². The van der Waals surface area contributed by atoms with E-state index in [-0.39, 0.29) is 29.3 Å². The molecule has 0 aromatic heterocycles. The molecule has 0 fully saturated rings. The molecule has 13 nitrogen and oxygen atoms in total. The monoisotopic (exact) mass is 466 g/mol. The third-order valence-electron chi connectivity index (χ3n) is 4.02. The molecule has 0 heterocycles. The highest BCUT2D eigenvalue weighted by atomic mass is 32.2. The number of hydrogen-bond acceptors (Lipinski definition) is 8. The van der Waals surface area contributed by atoms with E-state index in [0.717, 1.165) is 0 Å². The van der Waals surface area contributed by atoms with Gasteiger partial charge in [-0.2, -0.15) is 4.72 Å². The fraction of sp³-hybridized carbons (Fsp3) is 0.222. The van der Waals surface area contributed by atoms with Gasteiger partial charge in [0.2, 0.25) is 10.0 Å². The lowest BCUT2D eigenvalue weighted by atomic mass is 10.1. The summed E-state index contributed by atoms with van der Waals surface area (Å²) < 4.78 is 33.2. The van der Waals surface area contributed by atoms with Gasteiger partial charge in [-0.15, -0.1) is 5.06 Å². The van der Waals surface area contributed by atoms with Crippen LogP contribution in [0, 0.1) is 10.1 Å². The van der Waals surface area contributed by atoms with E-state index in [1.165, 1.54) is 24.3 Å². The van der Waals surface area contributed by atoms with Crippen molar-refractivity contribution in [1.82, 2.24) is 9.79 Å². The van der Waals surface area contributed by atoms with Gasteiger partial charge in [-0.05, 0) is 55.8 Å². The topological polar surface area (TPSA) is 203 Å². The van der Waals surface area contributed by atoms with Crippen LogP contribution in [0.3, 0.4) is 0 Å². The van der Waals surface area contributed by atoms with Crippen molar-refractivity contribution in [1.29, 1.82) is 0 Å². The quantitative estimate of drug-likeness (QED) is 0.127. The van der Waals surface area contributed by atoms with E-state index in [1.54, 1.807) is 24.3 Å². The highest BCUT2D eigenvalue weighted by molar-refractivity contribution is 7.89. The lowest BCUT2D eigenvalue weighted by Crippen LogP contribution is -2.51. The second kappa shape index (κ2) is 11.1. The molecule has 2 aromatic rings. The van der Waals surface area contributed by atoms with Gasteiger partial charge in [-0.1, -0.05) is 18.2 Å². The van der Waals surface area contributed by atoms with E-state index in [9.17, 15) is 28.5 Å². The summed E-state index contributed by atoms with van der Waals surface area (Å²) in [6.07, 6.45) is 0.107. The van der Waals surface area contributed by atoms with Crippen LogP contribution in [0.15, 0.2) is 64.6 Å². The number of benzene rings is 2. The molecular formula is C18H22N6O7S. The average Bonchev–Trinajstić information content (AvgIpc) is 2.76. The molecule has 0 saturated carbocycles. The van der Waals surface area contributed by atoms with Crippen molar-refractivity contribution >= 4 is 21.9 Å². The number of nitrogens with two attached hydrogens (primary N) is 2. The maximum absolute atomic E-state index is 12.7. The largest absolute Gasteiger partial charge is 0.457 e. The lowest BCUT2D eigenvalue weighted by Gasteiger charge is -2.21. The van der Waals surface area contributed by atoms with E-state index in [2.05, 4.69) is 9.82 Å². The summed E-state index contributed by atoms with van der Waals surface area (Å²) in [7, 11) is -4.23. The van der Waals surface area contributed by atoms with Gasteiger partial charge in [0.15, 0.2) is 5.03 Å². The Bertz CT molecular complexity index is 1060. The Kier molecular flexibility index (Phi) is 8.60. The Morgan fingerprint density at radius 3 is 2.34 bits per heavy atom. The van der Waals surface area contributed by atoms with Gasteiger partial charge in [-0.25, -0.2) is 18.5 Å². The Morgan fingerprint density at radius 1 is 1.19 bits per heavy atom. The number of sulfonamides is 1. The van der Waals surface area contributed by atoms with Gasteiger partial charge in [0.05, 0.1) is 4.90 Å². The summed E-state index contributed by atoms with van der Waals surface area (Å²) in [5, 5.41) is 21.3. The standard InChI is InChI=1S/C18H22N6O7S/c19-12-4-7-16(17(25)23(26)18(20)21-24(27)28)22-32(29,30)15-10-8-14(9-11-15)31-13-5-2-1-3-6-13/h1-3,5-6,8-11,16,22,26H,4,7,12,19H2,(H2,20,21)/t16-/m1/s1. The van der Waals surface area contributed by atoms with E-state index < -0.39 is 33.0 Å². The van der Waals surface area contributed by atoms with E-state index in [0.29, 0.717) is 11.5 Å². The van der Waals surface area contributed by atoms with Crippen molar-refractivity contribution in [2.75, 3.05) is 6.54 Å². The molecule has 0 aliphatic heterocycles. The number of ether oxygens (including phenoxy) is 1. The minimum Gasteiger partial charge on any atom is -0.457 e. The van der Waals surface area contributed by atoms with Crippen LogP contribution in [0.2, 0.25) is 0 Å². The van der Waals surface area contributed by atoms with Crippen LogP contribution in [0.1, 0.15) is 12.8 Å². The first kappa shape index (κ1) is 24.7. The van der Waals surface area contributed by atoms with Crippen LogP contribution in [-0.2, 0) is 14.8 Å². The maximum Gasteiger partial charge on any atom is 0.300 e. The predicted molar refractivity (Wildman–Crippen MR) is 113 cm³/mol. The first-order valence-corrected chi connectivity index (χ1v) is 10.7. The number of para-hydroxylation sites is 1. The number of hydrazone groups is 1. The van der Waals surface area contributed by atoms with E-state index in [1.807, 2.05) is 6.07 Å². The summed E-state index contributed by atoms with van der Waals surface area (Å²) >= 11 is 0. The first-order valence-electron chi connectivity index (χ1n) is 9.20. The second-order valence-corrected chi connectivity index (χ2v) is 8.05. The molecular weight excluding hydrogens is 444 g/mol. The molecule has 0 aliphatic carbocycles. The number of nitrogens with one attached hydrogen (secondary N) is 1. The van der Waals surface area contributed by atoms with Crippen molar-refractivity contribution in [3.8, 4) is 11.5 Å². The molecule has 32 heavy (non-hydrogen) atoms. The Hall–Kier alpha value is -3.59. The van der Waals surface area contributed by atoms with E-state index in [4.69, 9.17) is 16.2 Å². The molecule has 2 rings (SSSR count). The van der Waals surface area contributed by atoms with Gasteiger partial charge in [-0.3, -0.25) is 10.0 Å². The minimum atomic E-state index is -4.23. The molecule has 0 unspecified atom stereocenters. The minimum absolute atomic E-state index is 0.105. The highest BCUT2D eigenvalue weighted by Gasteiger charge is 2.31. The van der Waals surface area contributed by atoms with Gasteiger partial charge in [0.25, 0.3) is 11.9 Å². The molecule has 0 radical (unpaired) electrons. The van der Waals surface area contributed by atoms with Gasteiger partial charge >= 0.3 is 0 Å². The number of rotatable bonds is 10. The molecule has 0 bridgehead atoms. The first-order chi connectivity index (χ1) is 15.1. The number of amides is 1. The smallest absolute Gasteiger partial charge is 0.300 e. The molecule has 14 heteroatoms. The zero-order chi connectivity index (χ0) is 23.7. The number of nitro groups is 1. The second-order valence-electron chi connectivity index (χ2n) is 6.34. The van der Waals surface area contributed by atoms with Gasteiger partial charge < -0.3 is 16.2 Å². The summed E-state index contributed by atoms with van der Waals surface area (Å²) in [4.78, 5) is 22.6. The lowest BCUT2D eigenvalue weighted by molar-refractivity contribution is -0.486. The fourth-order valence-corrected chi connectivity index (χ4v) is 3.73. The van der Waals surface area contributed by atoms with Gasteiger partial charge in [0, 0.05) is 0 Å². The van der Waals surface area contributed by atoms with Gasteiger partial charge in [0.1, 0.15) is 22.6 Å². The number of guanidine groups is 1. The SMILES string of the molecule is NCCC[C@@H](NS(=O)(=O)c1ccc(Oc2ccccc2)cc1)C(=O)N(O)/C(N)=N\[N+](=O)[O-]. The van der Waals surface area contributed by atoms with Crippen LogP contribution in [0.4, 0.5) is 0 Å². The molecule has 1 atom stereocenters. The third kappa shape index (κ3) is 6.98. The molecule has 2 aromatic carbocycles. The molecule has 172 valence electrons. The molecule has 0 aliphatic rings. The zero-order valence-electron chi connectivity index (χ0n) is 16.7. The number of carbonyl (C=O) groups excluding carboxylic acids is 1. The Morgan fingerprint density at radius 2 is 1.78 bits per heavy atom. The predicted octanol–water partition coefficient (Wildman–Crippen LogP) is 0.589. The third-order valence-corrected chi connectivity index (χ3v) is 5.50.